The van der Waals surface area contributed by atoms with Gasteiger partial charge in [-0.05, 0) is 26.7 Å². The lowest BCUT2D eigenvalue weighted by Gasteiger charge is -2.14. The fourth-order valence-corrected chi connectivity index (χ4v) is 2.70. The third-order valence-electron chi connectivity index (χ3n) is 2.18. The quantitative estimate of drug-likeness (QED) is 0.740. The van der Waals surface area contributed by atoms with Crippen LogP contribution in [0.4, 0.5) is 0 Å². The number of hydrogen-bond donors (Lipinski definition) is 0. The summed E-state index contributed by atoms with van der Waals surface area (Å²) in [5, 5.41) is 0.979. The Bertz CT molecular complexity index is 304. The molecule has 0 radical (unpaired) electrons. The second-order valence-corrected chi connectivity index (χ2v) is 4.05. The lowest BCUT2D eigenvalue weighted by molar-refractivity contribution is 0.292. The van der Waals surface area contributed by atoms with E-state index in [2.05, 4.69) is 0 Å². The molecule has 0 saturated carbocycles. The minimum atomic E-state index is 0.722. The molecule has 1 aromatic heterocycles. The van der Waals surface area contributed by atoms with Gasteiger partial charge in [-0.15, -0.1) is 0 Å². The predicted molar refractivity (Wildman–Crippen MR) is 54.1 cm³/mol. The van der Waals surface area contributed by atoms with Crippen LogP contribution in [0.15, 0.2) is 0 Å². The Morgan fingerprint density at radius 3 is 2.46 bits per heavy atom. The lowest BCUT2D eigenvalue weighted by atomic mass is 9.98. The standard InChI is InChI=1S/C10H14O2S/c1-3-11-9-7-5-6-8(7)13-10(9)12-4-2/h3-6H2,1-2H3. The van der Waals surface area contributed by atoms with Crippen molar-refractivity contribution >= 4 is 11.3 Å². The first-order chi connectivity index (χ1) is 6.36. The minimum absolute atomic E-state index is 0.722. The van der Waals surface area contributed by atoms with E-state index in [0.717, 1.165) is 30.4 Å². The van der Waals surface area contributed by atoms with Crippen molar-refractivity contribution < 1.29 is 9.47 Å². The molecule has 0 atom stereocenters. The van der Waals surface area contributed by atoms with Gasteiger partial charge in [-0.25, -0.2) is 0 Å². The molecule has 72 valence electrons. The Kier molecular flexibility index (Phi) is 2.44. The van der Waals surface area contributed by atoms with E-state index in [1.54, 1.807) is 11.3 Å². The molecule has 13 heavy (non-hydrogen) atoms. The van der Waals surface area contributed by atoms with Crippen molar-refractivity contribution in [2.24, 2.45) is 0 Å². The first-order valence-corrected chi connectivity index (χ1v) is 5.58. The maximum atomic E-state index is 5.58. The molecule has 1 heterocycles. The number of hydrogen-bond acceptors (Lipinski definition) is 3. The van der Waals surface area contributed by atoms with Gasteiger partial charge in [-0.1, -0.05) is 11.3 Å². The van der Waals surface area contributed by atoms with Crippen LogP contribution in [0.1, 0.15) is 24.3 Å². The summed E-state index contributed by atoms with van der Waals surface area (Å²) in [5.74, 6) is 1.01. The van der Waals surface area contributed by atoms with Gasteiger partial charge in [0.1, 0.15) is 0 Å². The first-order valence-electron chi connectivity index (χ1n) is 4.77. The summed E-state index contributed by atoms with van der Waals surface area (Å²) in [7, 11) is 0. The highest BCUT2D eigenvalue weighted by atomic mass is 32.1. The molecule has 1 aliphatic carbocycles. The normalized spacial score (nSPS) is 13.4. The largest absolute Gasteiger partial charge is 0.489 e. The molecular formula is C10H14O2S. The van der Waals surface area contributed by atoms with Gasteiger partial charge in [0.2, 0.25) is 5.06 Å². The van der Waals surface area contributed by atoms with Crippen molar-refractivity contribution in [3.8, 4) is 10.8 Å². The van der Waals surface area contributed by atoms with Gasteiger partial charge in [-0.2, -0.15) is 0 Å². The molecule has 1 aliphatic rings. The Morgan fingerprint density at radius 1 is 1.15 bits per heavy atom. The van der Waals surface area contributed by atoms with Crippen LogP contribution in [0.25, 0.3) is 0 Å². The summed E-state index contributed by atoms with van der Waals surface area (Å²) < 4.78 is 11.1. The van der Waals surface area contributed by atoms with E-state index in [4.69, 9.17) is 9.47 Å². The van der Waals surface area contributed by atoms with E-state index in [1.807, 2.05) is 13.8 Å². The molecule has 2 rings (SSSR count). The smallest absolute Gasteiger partial charge is 0.217 e. The number of ether oxygens (including phenoxy) is 2. The fourth-order valence-electron chi connectivity index (χ4n) is 1.50. The molecule has 0 aliphatic heterocycles. The number of fused-ring (bicyclic) bond motifs is 1. The molecule has 0 spiro atoms. The van der Waals surface area contributed by atoms with Crippen molar-refractivity contribution in [1.29, 1.82) is 0 Å². The molecule has 0 fully saturated rings. The molecule has 0 aromatic carbocycles. The van der Waals surface area contributed by atoms with Gasteiger partial charge < -0.3 is 9.47 Å². The predicted octanol–water partition coefficient (Wildman–Crippen LogP) is 2.64. The summed E-state index contributed by atoms with van der Waals surface area (Å²) in [4.78, 5) is 1.45. The fraction of sp³-hybridized carbons (Fsp3) is 0.600. The molecule has 0 bridgehead atoms. The van der Waals surface area contributed by atoms with Gasteiger partial charge in [0, 0.05) is 10.4 Å². The van der Waals surface area contributed by atoms with E-state index >= 15 is 0 Å². The van der Waals surface area contributed by atoms with Crippen LogP contribution in [0.2, 0.25) is 0 Å². The Labute approximate surface area is 82.5 Å². The zero-order chi connectivity index (χ0) is 9.26. The van der Waals surface area contributed by atoms with E-state index in [-0.39, 0.29) is 0 Å². The summed E-state index contributed by atoms with van der Waals surface area (Å²) in [6.07, 6.45) is 2.36. The van der Waals surface area contributed by atoms with Gasteiger partial charge in [0.05, 0.1) is 13.2 Å². The number of aryl methyl sites for hydroxylation is 1. The Balaban J connectivity index is 2.26. The van der Waals surface area contributed by atoms with Crippen molar-refractivity contribution in [3.05, 3.63) is 10.4 Å². The third-order valence-corrected chi connectivity index (χ3v) is 3.36. The van der Waals surface area contributed by atoms with Crippen molar-refractivity contribution in [3.63, 3.8) is 0 Å². The maximum Gasteiger partial charge on any atom is 0.217 e. The zero-order valence-electron chi connectivity index (χ0n) is 8.05. The molecule has 0 unspecified atom stereocenters. The molecule has 0 saturated heterocycles. The summed E-state index contributed by atoms with van der Waals surface area (Å²) in [5.41, 5.74) is 1.38. The van der Waals surface area contributed by atoms with Gasteiger partial charge in [0.25, 0.3) is 0 Å². The van der Waals surface area contributed by atoms with Crippen LogP contribution < -0.4 is 9.47 Å². The summed E-state index contributed by atoms with van der Waals surface area (Å²) in [6.45, 7) is 5.47. The van der Waals surface area contributed by atoms with Crippen LogP contribution >= 0.6 is 11.3 Å². The molecule has 1 aromatic rings. The highest BCUT2D eigenvalue weighted by molar-refractivity contribution is 7.14. The van der Waals surface area contributed by atoms with Crippen molar-refractivity contribution in [2.45, 2.75) is 26.7 Å². The van der Waals surface area contributed by atoms with Gasteiger partial charge in [-0.3, -0.25) is 0 Å². The van der Waals surface area contributed by atoms with Crippen LogP contribution in [0.3, 0.4) is 0 Å². The van der Waals surface area contributed by atoms with Gasteiger partial charge in [0.15, 0.2) is 5.75 Å². The topological polar surface area (TPSA) is 18.5 Å². The average molecular weight is 198 g/mol. The van der Waals surface area contributed by atoms with Crippen LogP contribution in [-0.2, 0) is 12.8 Å². The molecule has 0 N–H and O–H groups in total. The van der Waals surface area contributed by atoms with Crippen molar-refractivity contribution in [1.82, 2.24) is 0 Å². The zero-order valence-corrected chi connectivity index (χ0v) is 8.87. The Morgan fingerprint density at radius 2 is 1.92 bits per heavy atom. The van der Waals surface area contributed by atoms with Gasteiger partial charge >= 0.3 is 0 Å². The van der Waals surface area contributed by atoms with Crippen LogP contribution in [0.5, 0.6) is 10.8 Å². The first kappa shape index (κ1) is 8.88. The summed E-state index contributed by atoms with van der Waals surface area (Å²) >= 11 is 1.75. The average Bonchev–Trinajstić information content (AvgIpc) is 2.29. The maximum absolute atomic E-state index is 5.58. The highest BCUT2D eigenvalue weighted by Gasteiger charge is 2.26. The van der Waals surface area contributed by atoms with E-state index in [9.17, 15) is 0 Å². The van der Waals surface area contributed by atoms with Crippen LogP contribution in [-0.4, -0.2) is 13.2 Å². The van der Waals surface area contributed by atoms with Crippen molar-refractivity contribution in [2.75, 3.05) is 13.2 Å². The number of rotatable bonds is 4. The molecule has 2 nitrogen and oxygen atoms in total. The summed E-state index contributed by atoms with van der Waals surface area (Å²) in [6, 6.07) is 0. The highest BCUT2D eigenvalue weighted by Crippen LogP contribution is 2.47. The molecule has 0 amide bonds. The lowest BCUT2D eigenvalue weighted by Crippen LogP contribution is -2.06. The number of thiophene rings is 1. The minimum Gasteiger partial charge on any atom is -0.489 e. The van der Waals surface area contributed by atoms with E-state index < -0.39 is 0 Å². The van der Waals surface area contributed by atoms with Crippen LogP contribution in [0, 0.1) is 0 Å². The second kappa shape index (κ2) is 3.58. The SMILES string of the molecule is CCOc1sc2c(c1OCC)CC2. The molecule has 3 heteroatoms. The monoisotopic (exact) mass is 198 g/mol. The van der Waals surface area contributed by atoms with E-state index in [0.29, 0.717) is 0 Å². The van der Waals surface area contributed by atoms with E-state index in [1.165, 1.54) is 16.9 Å². The Hall–Kier alpha value is -0.700. The third kappa shape index (κ3) is 1.41. The molecular weight excluding hydrogens is 184 g/mol. The second-order valence-electron chi connectivity index (χ2n) is 2.99.